The third-order valence-corrected chi connectivity index (χ3v) is 5.99. The zero-order valence-corrected chi connectivity index (χ0v) is 16.9. The molecule has 2 aliphatic heterocycles. The van der Waals surface area contributed by atoms with Crippen LogP contribution in [0.3, 0.4) is 0 Å². The summed E-state index contributed by atoms with van der Waals surface area (Å²) in [5.74, 6) is -1.34. The Morgan fingerprint density at radius 1 is 1.14 bits per heavy atom. The molecule has 4 nitrogen and oxygen atoms in total. The highest BCUT2D eigenvalue weighted by atomic mass is 19.3. The molecule has 0 aromatic heterocycles. The molecule has 6 heteroatoms. The molecule has 0 bridgehead atoms. The van der Waals surface area contributed by atoms with Crippen LogP contribution in [0.4, 0.5) is 14.5 Å². The Morgan fingerprint density at radius 3 is 2.79 bits per heavy atom. The fourth-order valence-electron chi connectivity index (χ4n) is 4.29. The van der Waals surface area contributed by atoms with Crippen molar-refractivity contribution in [3.05, 3.63) is 29.3 Å². The van der Waals surface area contributed by atoms with Gasteiger partial charge >= 0.3 is 0 Å². The predicted molar refractivity (Wildman–Crippen MR) is 110 cm³/mol. The molecule has 0 spiro atoms. The molecule has 4 rings (SSSR count). The van der Waals surface area contributed by atoms with Crippen LogP contribution in [0.5, 0.6) is 5.75 Å². The van der Waals surface area contributed by atoms with Crippen molar-refractivity contribution in [2.24, 2.45) is 5.92 Å². The lowest BCUT2D eigenvalue weighted by Gasteiger charge is -2.26. The highest BCUT2D eigenvalue weighted by molar-refractivity contribution is 5.67. The van der Waals surface area contributed by atoms with Crippen LogP contribution in [0, 0.1) is 5.92 Å². The Balaban J connectivity index is 1.34. The van der Waals surface area contributed by atoms with Crippen LogP contribution in [0.15, 0.2) is 18.2 Å². The first-order chi connectivity index (χ1) is 14.1. The third kappa shape index (κ3) is 5.70. The van der Waals surface area contributed by atoms with Crippen LogP contribution in [0.2, 0.25) is 0 Å². The summed E-state index contributed by atoms with van der Waals surface area (Å²) in [6.07, 6.45) is 9.29. The number of nitrogens with one attached hydrogen (secondary N) is 1. The van der Waals surface area contributed by atoms with Crippen LogP contribution in [-0.2, 0) is 15.9 Å². The summed E-state index contributed by atoms with van der Waals surface area (Å²) in [4.78, 5) is 0. The average molecular weight is 408 g/mol. The van der Waals surface area contributed by atoms with E-state index in [9.17, 15) is 8.78 Å². The van der Waals surface area contributed by atoms with E-state index in [0.717, 1.165) is 49.3 Å². The number of alkyl halides is 2. The second-order valence-corrected chi connectivity index (χ2v) is 8.30. The van der Waals surface area contributed by atoms with Gasteiger partial charge in [0, 0.05) is 49.2 Å². The van der Waals surface area contributed by atoms with Crippen molar-refractivity contribution in [2.45, 2.75) is 63.6 Å². The molecule has 3 aliphatic rings. The number of fused-ring (bicyclic) bond motifs is 1. The van der Waals surface area contributed by atoms with Crippen molar-refractivity contribution in [3.63, 3.8) is 0 Å². The van der Waals surface area contributed by atoms with E-state index in [2.05, 4.69) is 29.6 Å². The smallest absolute Gasteiger partial charge is 0.248 e. The molecular formula is C23H31F2NO3. The van der Waals surface area contributed by atoms with Crippen molar-refractivity contribution < 1.29 is 23.0 Å². The molecule has 160 valence electrons. The summed E-state index contributed by atoms with van der Waals surface area (Å²) in [6, 6.07) is 4.22. The zero-order chi connectivity index (χ0) is 20.1. The molecule has 0 radical (unpaired) electrons. The number of halogens is 2. The Bertz CT molecular complexity index is 706. The summed E-state index contributed by atoms with van der Waals surface area (Å²) >= 11 is 0. The Kier molecular flexibility index (Phi) is 6.70. The van der Waals surface area contributed by atoms with Crippen molar-refractivity contribution in [3.8, 4) is 5.75 Å². The number of allylic oxidation sites excluding steroid dienone is 1. The SMILES string of the molecule is FC1(F)CCC(/C=C/c2cc(NCCOC3CCCCO3)cc3c2OCC3)CC1. The van der Waals surface area contributed by atoms with Gasteiger partial charge in [-0.25, -0.2) is 8.78 Å². The standard InChI is InChI=1S/C23H31F2NO3/c24-23(25)9-6-17(7-10-23)4-5-18-15-20(16-19-8-13-29-22(18)19)26-11-14-28-21-3-1-2-12-27-21/h4-5,15-17,21,26H,1-3,6-14H2/b5-4+. The highest BCUT2D eigenvalue weighted by Crippen LogP contribution is 2.38. The largest absolute Gasteiger partial charge is 0.492 e. The van der Waals surface area contributed by atoms with Gasteiger partial charge in [0.1, 0.15) is 5.75 Å². The molecular weight excluding hydrogens is 376 g/mol. The maximum Gasteiger partial charge on any atom is 0.248 e. The molecule has 1 aliphatic carbocycles. The van der Waals surface area contributed by atoms with Crippen molar-refractivity contribution in [2.75, 3.05) is 31.7 Å². The van der Waals surface area contributed by atoms with Crippen molar-refractivity contribution in [1.82, 2.24) is 0 Å². The van der Waals surface area contributed by atoms with E-state index in [0.29, 0.717) is 32.6 Å². The van der Waals surface area contributed by atoms with Crippen LogP contribution < -0.4 is 10.1 Å². The number of rotatable bonds is 7. The molecule has 1 N–H and O–H groups in total. The number of hydrogen-bond acceptors (Lipinski definition) is 4. The van der Waals surface area contributed by atoms with Crippen molar-refractivity contribution in [1.29, 1.82) is 0 Å². The lowest BCUT2D eigenvalue weighted by Crippen LogP contribution is -2.24. The first-order valence-corrected chi connectivity index (χ1v) is 10.9. The van der Waals surface area contributed by atoms with Crippen LogP contribution >= 0.6 is 0 Å². The second kappa shape index (κ2) is 9.43. The van der Waals surface area contributed by atoms with Crippen molar-refractivity contribution >= 4 is 11.8 Å². The van der Waals surface area contributed by atoms with E-state index in [4.69, 9.17) is 14.2 Å². The summed E-state index contributed by atoms with van der Waals surface area (Å²) in [7, 11) is 0. The Morgan fingerprint density at radius 2 is 2.00 bits per heavy atom. The van der Waals surface area contributed by atoms with Gasteiger partial charge in [0.25, 0.3) is 0 Å². The first-order valence-electron chi connectivity index (χ1n) is 10.9. The maximum atomic E-state index is 13.4. The Hall–Kier alpha value is -1.66. The normalized spacial score (nSPS) is 24.4. The van der Waals surface area contributed by atoms with Crippen LogP contribution in [0.1, 0.15) is 56.1 Å². The third-order valence-electron chi connectivity index (χ3n) is 5.99. The topological polar surface area (TPSA) is 39.7 Å². The molecule has 1 atom stereocenters. The van der Waals surface area contributed by atoms with Gasteiger partial charge in [0.05, 0.1) is 13.2 Å². The zero-order valence-electron chi connectivity index (χ0n) is 16.9. The van der Waals surface area contributed by atoms with Crippen LogP contribution in [0.25, 0.3) is 6.08 Å². The van der Waals surface area contributed by atoms with Gasteiger partial charge in [-0.3, -0.25) is 0 Å². The average Bonchev–Trinajstić information content (AvgIpc) is 3.20. The summed E-state index contributed by atoms with van der Waals surface area (Å²) in [5, 5.41) is 3.43. The van der Waals surface area contributed by atoms with E-state index in [1.54, 1.807) is 0 Å². The van der Waals surface area contributed by atoms with E-state index >= 15 is 0 Å². The molecule has 1 unspecified atom stereocenters. The highest BCUT2D eigenvalue weighted by Gasteiger charge is 2.34. The Labute approximate surface area is 171 Å². The number of anilines is 1. The molecule has 1 saturated heterocycles. The van der Waals surface area contributed by atoms with Gasteiger partial charge in [-0.05, 0) is 50.2 Å². The van der Waals surface area contributed by atoms with Crippen LogP contribution in [-0.4, -0.2) is 38.6 Å². The van der Waals surface area contributed by atoms with Gasteiger partial charge in [0.15, 0.2) is 6.29 Å². The van der Waals surface area contributed by atoms with Gasteiger partial charge in [-0.1, -0.05) is 12.2 Å². The van der Waals surface area contributed by atoms with Gasteiger partial charge in [-0.15, -0.1) is 0 Å². The summed E-state index contributed by atoms with van der Waals surface area (Å²) in [5.41, 5.74) is 3.26. The fourth-order valence-corrected chi connectivity index (χ4v) is 4.29. The predicted octanol–water partition coefficient (Wildman–Crippen LogP) is 5.42. The van der Waals surface area contributed by atoms with E-state index in [1.165, 1.54) is 5.56 Å². The molecule has 0 amide bonds. The number of ether oxygens (including phenoxy) is 3. The monoisotopic (exact) mass is 407 g/mol. The molecule has 29 heavy (non-hydrogen) atoms. The molecule has 1 aromatic carbocycles. The molecule has 2 heterocycles. The minimum absolute atomic E-state index is 0.0110. The van der Waals surface area contributed by atoms with Gasteiger partial charge in [-0.2, -0.15) is 0 Å². The minimum atomic E-state index is -2.48. The molecule has 1 aromatic rings. The number of benzene rings is 1. The van der Waals surface area contributed by atoms with E-state index in [1.807, 2.05) is 0 Å². The quantitative estimate of drug-likeness (QED) is 0.613. The first kappa shape index (κ1) is 20.6. The summed E-state index contributed by atoms with van der Waals surface area (Å²) in [6.45, 7) is 2.79. The maximum absolute atomic E-state index is 13.4. The van der Waals surface area contributed by atoms with E-state index in [-0.39, 0.29) is 25.0 Å². The number of hydrogen-bond donors (Lipinski definition) is 1. The molecule has 2 fully saturated rings. The minimum Gasteiger partial charge on any atom is -0.492 e. The van der Waals surface area contributed by atoms with Gasteiger partial charge < -0.3 is 19.5 Å². The molecule has 1 saturated carbocycles. The lowest BCUT2D eigenvalue weighted by molar-refractivity contribution is -0.159. The second-order valence-electron chi connectivity index (χ2n) is 8.30. The summed E-state index contributed by atoms with van der Waals surface area (Å²) < 4.78 is 43.9. The lowest BCUT2D eigenvalue weighted by atomic mass is 9.86. The fraction of sp³-hybridized carbons (Fsp3) is 0.652. The van der Waals surface area contributed by atoms with E-state index < -0.39 is 5.92 Å². The van der Waals surface area contributed by atoms with Gasteiger partial charge in [0.2, 0.25) is 5.92 Å².